The summed E-state index contributed by atoms with van der Waals surface area (Å²) < 4.78 is 27.4. The van der Waals surface area contributed by atoms with Crippen LogP contribution in [0.1, 0.15) is 37.8 Å². The molecule has 0 aliphatic carbocycles. The molecule has 1 spiro atoms. The number of halogens is 2. The molecule has 0 aromatic heterocycles. The minimum Gasteiger partial charge on any atom is -0.441 e. The molecule has 3 heterocycles. The van der Waals surface area contributed by atoms with Crippen molar-refractivity contribution in [1.29, 1.82) is 0 Å². The van der Waals surface area contributed by atoms with Crippen molar-refractivity contribution < 1.29 is 33.1 Å². The van der Waals surface area contributed by atoms with E-state index in [1.807, 2.05) is 13.0 Å². The maximum Gasteiger partial charge on any atom is 0.304 e. The number of amides is 2. The van der Waals surface area contributed by atoms with E-state index in [0.29, 0.717) is 22.0 Å². The Balaban J connectivity index is 1.51. The Morgan fingerprint density at radius 2 is 2.00 bits per heavy atom. The molecule has 0 bridgehead atoms. The van der Waals surface area contributed by atoms with Gasteiger partial charge in [0.05, 0.1) is 24.8 Å². The summed E-state index contributed by atoms with van der Waals surface area (Å²) >= 11 is 6.39. The standard InChI is InChI=1S/C28H32ClFN2O6Si/c1-16-26(39(3,4)30)23(10-11-33)38-28(16)21-13-19(29)8-9-22(21)31(27(28)36)15-18-6-5-7-20(12-18)32-24(35)14-25(32)37-17(2)34/h5-9,12-13,16,23,25-26,33H,10-11,14-15H2,1-4H3/t16-,23+,25?,26-,28+/m1/s1. The number of hydrogen-bond acceptors (Lipinski definition) is 6. The smallest absolute Gasteiger partial charge is 0.304 e. The lowest BCUT2D eigenvalue weighted by Gasteiger charge is -2.39. The van der Waals surface area contributed by atoms with Crippen molar-refractivity contribution in [3.05, 3.63) is 58.6 Å². The second-order valence-corrected chi connectivity index (χ2v) is 15.3. The summed E-state index contributed by atoms with van der Waals surface area (Å²) in [5.41, 5.74) is 0.605. The third-order valence-corrected chi connectivity index (χ3v) is 10.8. The van der Waals surface area contributed by atoms with Gasteiger partial charge in [-0.3, -0.25) is 19.3 Å². The van der Waals surface area contributed by atoms with Crippen LogP contribution >= 0.6 is 11.6 Å². The van der Waals surface area contributed by atoms with E-state index in [-0.39, 0.29) is 37.8 Å². The maximum absolute atomic E-state index is 15.6. The zero-order valence-corrected chi connectivity index (χ0v) is 24.1. The Hall–Kier alpha value is -2.79. The molecule has 2 aromatic rings. The highest BCUT2D eigenvalue weighted by atomic mass is 35.5. The fraction of sp³-hybridized carbons (Fsp3) is 0.464. The lowest BCUT2D eigenvalue weighted by molar-refractivity contribution is -0.154. The number of esters is 1. The van der Waals surface area contributed by atoms with E-state index in [1.165, 1.54) is 11.8 Å². The molecular formula is C28H32ClFN2O6Si. The van der Waals surface area contributed by atoms with Crippen LogP contribution in [0.25, 0.3) is 0 Å². The Bertz CT molecular complexity index is 1340. The van der Waals surface area contributed by atoms with E-state index in [0.717, 1.165) is 5.56 Å². The lowest BCUT2D eigenvalue weighted by Crippen LogP contribution is -2.54. The van der Waals surface area contributed by atoms with Crippen LogP contribution in [-0.4, -0.2) is 50.2 Å². The highest BCUT2D eigenvalue weighted by molar-refractivity contribution is 6.72. The van der Waals surface area contributed by atoms with Crippen LogP contribution in [0.4, 0.5) is 15.5 Å². The molecular weight excluding hydrogens is 543 g/mol. The van der Waals surface area contributed by atoms with Crippen molar-refractivity contribution in [1.82, 2.24) is 0 Å². The predicted octanol–water partition coefficient (Wildman–Crippen LogP) is 4.67. The third-order valence-electron chi connectivity index (χ3n) is 8.07. The molecule has 2 amide bonds. The molecule has 0 saturated carbocycles. The van der Waals surface area contributed by atoms with Gasteiger partial charge in [-0.1, -0.05) is 30.7 Å². The van der Waals surface area contributed by atoms with Crippen molar-refractivity contribution in [3.63, 3.8) is 0 Å². The summed E-state index contributed by atoms with van der Waals surface area (Å²) in [4.78, 5) is 41.1. The van der Waals surface area contributed by atoms with Gasteiger partial charge in [0.2, 0.25) is 14.3 Å². The molecule has 8 nitrogen and oxygen atoms in total. The SMILES string of the molecule is CC(=O)OC1CC(=O)N1c1cccc(CN2C(=O)[C@@]3(O[C@@H](CCO)[C@H]([Si](C)(C)F)[C@H]3C)c3cc(Cl)ccc32)c1. The van der Waals surface area contributed by atoms with Gasteiger partial charge in [0.15, 0.2) is 11.8 Å². The minimum atomic E-state index is -3.30. The largest absolute Gasteiger partial charge is 0.441 e. The van der Waals surface area contributed by atoms with Crippen molar-refractivity contribution in [2.75, 3.05) is 16.4 Å². The third kappa shape index (κ3) is 4.57. The van der Waals surface area contributed by atoms with Crippen LogP contribution in [0.5, 0.6) is 0 Å². The van der Waals surface area contributed by atoms with Gasteiger partial charge in [-0.15, -0.1) is 0 Å². The van der Waals surface area contributed by atoms with E-state index in [2.05, 4.69) is 0 Å². The molecule has 11 heteroatoms. The molecule has 3 aliphatic heterocycles. The second kappa shape index (κ2) is 9.99. The van der Waals surface area contributed by atoms with Crippen LogP contribution in [0, 0.1) is 5.92 Å². The van der Waals surface area contributed by atoms with Crippen molar-refractivity contribution in [2.24, 2.45) is 5.92 Å². The van der Waals surface area contributed by atoms with Crippen LogP contribution in [0.15, 0.2) is 42.5 Å². The first-order valence-corrected chi connectivity index (χ1v) is 16.4. The van der Waals surface area contributed by atoms with E-state index in [9.17, 15) is 19.5 Å². The number of carbonyl (C=O) groups is 3. The molecule has 1 unspecified atom stereocenters. The van der Waals surface area contributed by atoms with E-state index >= 15 is 4.11 Å². The number of benzene rings is 2. The number of β-lactam (4-membered cyclic amide) rings is 1. The van der Waals surface area contributed by atoms with E-state index in [4.69, 9.17) is 21.1 Å². The van der Waals surface area contributed by atoms with Gasteiger partial charge in [-0.05, 0) is 55.4 Å². The zero-order chi connectivity index (χ0) is 28.3. The number of rotatable bonds is 7. The van der Waals surface area contributed by atoms with E-state index in [1.54, 1.807) is 54.4 Å². The van der Waals surface area contributed by atoms with Gasteiger partial charge < -0.3 is 23.6 Å². The van der Waals surface area contributed by atoms with Crippen molar-refractivity contribution in [3.8, 4) is 0 Å². The van der Waals surface area contributed by atoms with Gasteiger partial charge in [-0.25, -0.2) is 0 Å². The average Bonchev–Trinajstić information content (AvgIpc) is 3.25. The molecule has 208 valence electrons. The molecule has 5 atom stereocenters. The Labute approximate surface area is 232 Å². The molecule has 2 saturated heterocycles. The maximum atomic E-state index is 15.6. The fourth-order valence-corrected chi connectivity index (χ4v) is 9.26. The van der Waals surface area contributed by atoms with Gasteiger partial charge >= 0.3 is 5.97 Å². The number of aliphatic hydroxyl groups excluding tert-OH is 1. The van der Waals surface area contributed by atoms with Crippen LogP contribution in [-0.2, 0) is 36.0 Å². The molecule has 39 heavy (non-hydrogen) atoms. The number of carbonyl (C=O) groups excluding carboxylic acids is 3. The molecule has 2 fully saturated rings. The van der Waals surface area contributed by atoms with Crippen LogP contribution in [0.2, 0.25) is 23.7 Å². The highest BCUT2D eigenvalue weighted by Gasteiger charge is 2.66. The topological polar surface area (TPSA) is 96.4 Å². The summed E-state index contributed by atoms with van der Waals surface area (Å²) in [6.45, 7) is 6.37. The Morgan fingerprint density at radius 1 is 1.26 bits per heavy atom. The fourth-order valence-electron chi connectivity index (χ4n) is 6.54. The van der Waals surface area contributed by atoms with Crippen LogP contribution < -0.4 is 9.80 Å². The summed E-state index contributed by atoms with van der Waals surface area (Å²) in [6.07, 6.45) is -0.919. The zero-order valence-electron chi connectivity index (χ0n) is 22.3. The van der Waals surface area contributed by atoms with E-state index < -0.39 is 43.8 Å². The number of nitrogens with zero attached hydrogens (tertiary/aromatic N) is 2. The summed E-state index contributed by atoms with van der Waals surface area (Å²) in [5.74, 6) is -1.43. The molecule has 3 aliphatic rings. The first-order chi connectivity index (χ1) is 18.4. The minimum absolute atomic E-state index is 0.116. The molecule has 5 rings (SSSR count). The lowest BCUT2D eigenvalue weighted by atomic mass is 9.82. The Kier molecular flexibility index (Phi) is 7.11. The van der Waals surface area contributed by atoms with Gasteiger partial charge in [-0.2, -0.15) is 0 Å². The summed E-state index contributed by atoms with van der Waals surface area (Å²) in [6, 6.07) is 12.3. The number of hydrogen-bond donors (Lipinski definition) is 1. The van der Waals surface area contributed by atoms with Crippen LogP contribution in [0.3, 0.4) is 0 Å². The second-order valence-electron chi connectivity index (χ2n) is 11.0. The van der Waals surface area contributed by atoms with Crippen molar-refractivity contribution in [2.45, 2.75) is 69.8 Å². The molecule has 1 N–H and O–H groups in total. The number of fused-ring (bicyclic) bond motifs is 2. The summed E-state index contributed by atoms with van der Waals surface area (Å²) in [7, 11) is -3.30. The average molecular weight is 575 g/mol. The first kappa shape index (κ1) is 27.8. The van der Waals surface area contributed by atoms with Crippen molar-refractivity contribution >= 4 is 49.2 Å². The van der Waals surface area contributed by atoms with Gasteiger partial charge in [0.25, 0.3) is 5.91 Å². The first-order valence-electron chi connectivity index (χ1n) is 13.1. The normalized spacial score (nSPS) is 28.2. The molecule has 0 radical (unpaired) electrons. The summed E-state index contributed by atoms with van der Waals surface area (Å²) in [5, 5.41) is 10.1. The number of ether oxygens (including phenoxy) is 2. The molecule has 2 aromatic carbocycles. The van der Waals surface area contributed by atoms with Gasteiger partial charge in [0, 0.05) is 41.3 Å². The Morgan fingerprint density at radius 3 is 2.64 bits per heavy atom. The predicted molar refractivity (Wildman–Crippen MR) is 146 cm³/mol. The van der Waals surface area contributed by atoms with Gasteiger partial charge in [0.1, 0.15) is 0 Å². The number of anilines is 2. The highest BCUT2D eigenvalue weighted by Crippen LogP contribution is 2.60. The monoisotopic (exact) mass is 574 g/mol. The quantitative estimate of drug-likeness (QED) is 0.223. The number of aliphatic hydroxyl groups is 1.